The smallest absolute Gasteiger partial charge is 0.119 e. The monoisotopic (exact) mass is 284 g/mol. The number of aryl methyl sites for hydroxylation is 2. The Balaban J connectivity index is 1.89. The molecule has 1 N–H and O–H groups in total. The minimum Gasteiger partial charge on any atom is -0.494 e. The summed E-state index contributed by atoms with van der Waals surface area (Å²) < 4.78 is 5.55. The van der Waals surface area contributed by atoms with Crippen LogP contribution in [0, 0.1) is 6.92 Å². The van der Waals surface area contributed by atoms with Gasteiger partial charge >= 0.3 is 0 Å². The van der Waals surface area contributed by atoms with Crippen LogP contribution in [0.2, 0.25) is 0 Å². The maximum atomic E-state index is 10.3. The summed E-state index contributed by atoms with van der Waals surface area (Å²) in [5.74, 6) is 0.867. The highest BCUT2D eigenvalue weighted by Gasteiger charge is 2.08. The largest absolute Gasteiger partial charge is 0.494 e. The summed E-state index contributed by atoms with van der Waals surface area (Å²) in [6.45, 7) is 4.91. The molecular weight excluding hydrogens is 260 g/mol. The molecule has 0 spiro atoms. The van der Waals surface area contributed by atoms with E-state index in [-0.39, 0.29) is 0 Å². The molecule has 2 aromatic rings. The number of ether oxygens (including phenoxy) is 1. The van der Waals surface area contributed by atoms with Crippen molar-refractivity contribution < 1.29 is 9.84 Å². The van der Waals surface area contributed by atoms with Crippen molar-refractivity contribution in [2.24, 2.45) is 0 Å². The zero-order chi connectivity index (χ0) is 15.1. The van der Waals surface area contributed by atoms with Crippen molar-refractivity contribution in [1.82, 2.24) is 0 Å². The summed E-state index contributed by atoms with van der Waals surface area (Å²) in [7, 11) is 0. The third-order valence-corrected chi connectivity index (χ3v) is 3.53. The highest BCUT2D eigenvalue weighted by Crippen LogP contribution is 2.22. The third kappa shape index (κ3) is 4.91. The lowest BCUT2D eigenvalue weighted by Gasteiger charge is -2.12. The van der Waals surface area contributed by atoms with Crippen molar-refractivity contribution in [1.29, 1.82) is 0 Å². The number of benzene rings is 2. The van der Waals surface area contributed by atoms with Gasteiger partial charge in [0.05, 0.1) is 12.7 Å². The van der Waals surface area contributed by atoms with E-state index < -0.39 is 6.10 Å². The first-order valence-corrected chi connectivity index (χ1v) is 7.65. The van der Waals surface area contributed by atoms with Crippen LogP contribution in [0.15, 0.2) is 48.5 Å². The van der Waals surface area contributed by atoms with Gasteiger partial charge in [-0.05, 0) is 49.4 Å². The van der Waals surface area contributed by atoms with Crippen LogP contribution >= 0.6 is 0 Å². The van der Waals surface area contributed by atoms with Crippen molar-refractivity contribution in [2.45, 2.75) is 39.2 Å². The van der Waals surface area contributed by atoms with Gasteiger partial charge in [0, 0.05) is 0 Å². The predicted molar refractivity (Wildman–Crippen MR) is 86.7 cm³/mol. The summed E-state index contributed by atoms with van der Waals surface area (Å²) in [5, 5.41) is 10.3. The Bertz CT molecular complexity index is 546. The van der Waals surface area contributed by atoms with Gasteiger partial charge in [-0.2, -0.15) is 0 Å². The molecule has 0 aliphatic rings. The van der Waals surface area contributed by atoms with Crippen LogP contribution in [-0.4, -0.2) is 11.7 Å². The maximum Gasteiger partial charge on any atom is 0.119 e. The van der Waals surface area contributed by atoms with Crippen molar-refractivity contribution >= 4 is 0 Å². The van der Waals surface area contributed by atoms with Crippen LogP contribution in [0.4, 0.5) is 0 Å². The van der Waals surface area contributed by atoms with E-state index in [1.165, 1.54) is 11.1 Å². The lowest BCUT2D eigenvalue weighted by Crippen LogP contribution is -2.00. The average molecular weight is 284 g/mol. The van der Waals surface area contributed by atoms with Crippen molar-refractivity contribution in [3.8, 4) is 5.75 Å². The van der Waals surface area contributed by atoms with Crippen molar-refractivity contribution in [3.63, 3.8) is 0 Å². The van der Waals surface area contributed by atoms with E-state index in [0.717, 1.165) is 37.2 Å². The molecule has 0 saturated heterocycles. The molecule has 21 heavy (non-hydrogen) atoms. The fourth-order valence-electron chi connectivity index (χ4n) is 2.34. The van der Waals surface area contributed by atoms with Crippen LogP contribution in [0.3, 0.4) is 0 Å². The summed E-state index contributed by atoms with van der Waals surface area (Å²) >= 11 is 0. The summed E-state index contributed by atoms with van der Waals surface area (Å²) in [6.07, 6.45) is 2.20. The second-order valence-corrected chi connectivity index (χ2v) is 5.46. The zero-order valence-corrected chi connectivity index (χ0v) is 12.9. The van der Waals surface area contributed by atoms with E-state index in [9.17, 15) is 5.11 Å². The Morgan fingerprint density at radius 3 is 2.52 bits per heavy atom. The molecule has 0 saturated carbocycles. The quantitative estimate of drug-likeness (QED) is 0.814. The third-order valence-electron chi connectivity index (χ3n) is 3.53. The molecule has 2 nitrogen and oxygen atoms in total. The molecule has 2 rings (SSSR count). The topological polar surface area (TPSA) is 29.5 Å². The SMILES string of the molecule is CCCOc1ccc(C(O)CCc2cccc(C)c2)cc1. The normalized spacial score (nSPS) is 12.1. The molecule has 112 valence electrons. The van der Waals surface area contributed by atoms with Gasteiger partial charge in [-0.15, -0.1) is 0 Å². The van der Waals surface area contributed by atoms with Crippen LogP contribution in [0.25, 0.3) is 0 Å². The minimum atomic E-state index is -0.425. The van der Waals surface area contributed by atoms with Crippen molar-refractivity contribution in [3.05, 3.63) is 65.2 Å². The Labute approximate surface area is 127 Å². The van der Waals surface area contributed by atoms with E-state index in [2.05, 4.69) is 38.1 Å². The average Bonchev–Trinajstić information content (AvgIpc) is 2.51. The van der Waals surface area contributed by atoms with E-state index >= 15 is 0 Å². The molecule has 1 unspecified atom stereocenters. The molecule has 0 aliphatic heterocycles. The summed E-state index contributed by atoms with van der Waals surface area (Å²) in [5.41, 5.74) is 3.49. The number of aliphatic hydroxyl groups is 1. The second kappa shape index (κ2) is 7.84. The molecule has 0 radical (unpaired) electrons. The second-order valence-electron chi connectivity index (χ2n) is 5.46. The Hall–Kier alpha value is -1.80. The molecule has 0 amide bonds. The summed E-state index contributed by atoms with van der Waals surface area (Å²) in [6, 6.07) is 16.2. The van der Waals surface area contributed by atoms with Gasteiger partial charge in [0.2, 0.25) is 0 Å². The van der Waals surface area contributed by atoms with Crippen LogP contribution in [-0.2, 0) is 6.42 Å². The lowest BCUT2D eigenvalue weighted by atomic mass is 10.0. The first-order valence-electron chi connectivity index (χ1n) is 7.65. The molecule has 0 aliphatic carbocycles. The highest BCUT2D eigenvalue weighted by molar-refractivity contribution is 5.29. The maximum absolute atomic E-state index is 10.3. The highest BCUT2D eigenvalue weighted by atomic mass is 16.5. The fraction of sp³-hybridized carbons (Fsp3) is 0.368. The van der Waals surface area contributed by atoms with Gasteiger partial charge < -0.3 is 9.84 Å². The fourth-order valence-corrected chi connectivity index (χ4v) is 2.34. The van der Waals surface area contributed by atoms with Crippen LogP contribution in [0.5, 0.6) is 5.75 Å². The van der Waals surface area contributed by atoms with Crippen LogP contribution in [0.1, 0.15) is 42.6 Å². The van der Waals surface area contributed by atoms with Gasteiger partial charge in [-0.1, -0.05) is 48.9 Å². The molecule has 0 heterocycles. The minimum absolute atomic E-state index is 0.425. The number of rotatable bonds is 7. The van der Waals surface area contributed by atoms with E-state index in [0.29, 0.717) is 0 Å². The van der Waals surface area contributed by atoms with Gasteiger partial charge in [-0.3, -0.25) is 0 Å². The predicted octanol–water partition coefficient (Wildman–Crippen LogP) is 4.45. The van der Waals surface area contributed by atoms with Crippen molar-refractivity contribution in [2.75, 3.05) is 6.61 Å². The zero-order valence-electron chi connectivity index (χ0n) is 12.9. The Kier molecular flexibility index (Phi) is 5.82. The van der Waals surface area contributed by atoms with E-state index in [1.54, 1.807) is 0 Å². The van der Waals surface area contributed by atoms with Gasteiger partial charge in [-0.25, -0.2) is 0 Å². The van der Waals surface area contributed by atoms with Gasteiger partial charge in [0.25, 0.3) is 0 Å². The first-order chi connectivity index (χ1) is 10.2. The van der Waals surface area contributed by atoms with Gasteiger partial charge in [0.1, 0.15) is 5.75 Å². The molecule has 0 aromatic heterocycles. The molecule has 2 heteroatoms. The standard InChI is InChI=1S/C19H24O2/c1-3-13-21-18-10-8-17(9-11-18)19(20)12-7-16-6-4-5-15(2)14-16/h4-6,8-11,14,19-20H,3,7,12-13H2,1-2H3. The molecular formula is C19H24O2. The number of hydrogen-bond donors (Lipinski definition) is 1. The van der Waals surface area contributed by atoms with Crippen LogP contribution < -0.4 is 4.74 Å². The summed E-state index contributed by atoms with van der Waals surface area (Å²) in [4.78, 5) is 0. The number of aliphatic hydroxyl groups excluding tert-OH is 1. The molecule has 2 aromatic carbocycles. The Morgan fingerprint density at radius 1 is 1.10 bits per heavy atom. The van der Waals surface area contributed by atoms with E-state index in [4.69, 9.17) is 4.74 Å². The Morgan fingerprint density at radius 2 is 1.86 bits per heavy atom. The van der Waals surface area contributed by atoms with Gasteiger partial charge in [0.15, 0.2) is 0 Å². The molecule has 0 fully saturated rings. The number of hydrogen-bond acceptors (Lipinski definition) is 2. The van der Waals surface area contributed by atoms with E-state index in [1.807, 2.05) is 24.3 Å². The molecule has 0 bridgehead atoms. The first kappa shape index (κ1) is 15.6. The lowest BCUT2D eigenvalue weighted by molar-refractivity contribution is 0.167. The molecule has 1 atom stereocenters.